The van der Waals surface area contributed by atoms with Crippen molar-refractivity contribution < 1.29 is 11.9 Å². The van der Waals surface area contributed by atoms with Crippen molar-refractivity contribution in [1.82, 2.24) is 6.15 Å². The van der Waals surface area contributed by atoms with Gasteiger partial charge in [0.1, 0.15) is 0 Å². The molecule has 0 atom stereocenters. The first-order chi connectivity index (χ1) is 2.21. The second-order valence-electron chi connectivity index (χ2n) is 0.858. The molecular weight excluding hydrogens is 393 g/mol. The van der Waals surface area contributed by atoms with E-state index in [1.165, 1.54) is 9.62 Å². The van der Waals surface area contributed by atoms with Crippen LogP contribution in [0.4, 0.5) is 0 Å². The van der Waals surface area contributed by atoms with E-state index < -0.39 is 11.9 Å². The molecule has 0 bridgehead atoms. The van der Waals surface area contributed by atoms with Crippen molar-refractivity contribution in [3.05, 3.63) is 0 Å². The maximum absolute atomic E-state index is 3.58. The molecule has 1 aliphatic heterocycles. The summed E-state index contributed by atoms with van der Waals surface area (Å²) in [6.07, 6.45) is 0. The zero-order chi connectivity index (χ0) is 3.91. The first-order valence-electron chi connectivity index (χ1n) is 1.19. The molecule has 0 aromatic heterocycles. The van der Waals surface area contributed by atoms with Crippen LogP contribution in [0.2, 0.25) is 9.62 Å². The molecule has 4 heteroatoms. The molecular formula is C2H7Br2NPt. The van der Waals surface area contributed by atoms with Crippen LogP contribution in [0.25, 0.3) is 0 Å². The van der Waals surface area contributed by atoms with Gasteiger partial charge in [-0.2, -0.15) is 0 Å². The van der Waals surface area contributed by atoms with Crippen molar-refractivity contribution in [2.75, 3.05) is 0 Å². The van der Waals surface area contributed by atoms with E-state index >= 15 is 0 Å². The van der Waals surface area contributed by atoms with Gasteiger partial charge in [0.05, 0.1) is 0 Å². The zero-order valence-corrected chi connectivity index (χ0v) is 8.64. The Bertz CT molecular complexity index is 49.5. The molecule has 1 saturated heterocycles. The molecule has 1 rings (SSSR count). The van der Waals surface area contributed by atoms with E-state index in [2.05, 4.69) is 26.6 Å². The molecule has 0 aromatic rings. The summed E-state index contributed by atoms with van der Waals surface area (Å²) in [4.78, 5) is 2.93. The van der Waals surface area contributed by atoms with Crippen LogP contribution in [0.3, 0.4) is 0 Å². The Kier molecular flexibility index (Phi) is 2.85. The molecule has 1 fully saturated rings. The van der Waals surface area contributed by atoms with Gasteiger partial charge in [0.15, 0.2) is 0 Å². The topological polar surface area (TPSA) is 35.0 Å². The number of hydrogen-bond acceptors (Lipinski definition) is 1. The molecule has 1 nitrogen and oxygen atoms in total. The van der Waals surface area contributed by atoms with Gasteiger partial charge < -0.3 is 6.15 Å². The average Bonchev–Trinajstić information content (AvgIpc) is 1.76. The van der Waals surface area contributed by atoms with Crippen molar-refractivity contribution in [2.45, 2.75) is 9.62 Å². The summed E-state index contributed by atoms with van der Waals surface area (Å²) in [5, 5.41) is 0. The molecule has 0 radical (unpaired) electrons. The summed E-state index contributed by atoms with van der Waals surface area (Å²) in [6, 6.07) is 0. The first-order valence-corrected chi connectivity index (χ1v) is 14.3. The van der Waals surface area contributed by atoms with Crippen LogP contribution < -0.4 is 6.15 Å². The van der Waals surface area contributed by atoms with Crippen molar-refractivity contribution in [3.8, 4) is 0 Å². The van der Waals surface area contributed by atoms with Crippen LogP contribution in [-0.4, -0.2) is 0 Å². The summed E-state index contributed by atoms with van der Waals surface area (Å²) < 4.78 is 0. The quantitative estimate of drug-likeness (QED) is 0.667. The Morgan fingerprint density at radius 3 is 1.33 bits per heavy atom. The van der Waals surface area contributed by atoms with Gasteiger partial charge in [-0.25, -0.2) is 0 Å². The maximum atomic E-state index is 3.58. The zero-order valence-electron chi connectivity index (χ0n) is 3.19. The van der Waals surface area contributed by atoms with Crippen LogP contribution in [0, 0.1) is 0 Å². The Labute approximate surface area is 53.9 Å². The first kappa shape index (κ1) is 7.61. The molecule has 0 spiro atoms. The fourth-order valence-corrected chi connectivity index (χ4v) is 13.2. The van der Waals surface area contributed by atoms with Crippen molar-refractivity contribution in [3.63, 3.8) is 0 Å². The van der Waals surface area contributed by atoms with Crippen LogP contribution in [0.5, 0.6) is 0 Å². The van der Waals surface area contributed by atoms with Gasteiger partial charge in [-0.1, -0.05) is 0 Å². The third-order valence-electron chi connectivity index (χ3n) is 0.397. The number of hydrogen-bond donors (Lipinski definition) is 1. The van der Waals surface area contributed by atoms with Crippen molar-refractivity contribution in [2.24, 2.45) is 0 Å². The molecule has 0 aliphatic carbocycles. The standard InChI is InChI=1S/C2H4.2BrH.H3N.Pt/c1-2;;;;/h1-2H2;2*1H;1H3;/q;;;;+2/p-2. The van der Waals surface area contributed by atoms with Gasteiger partial charge in [0.25, 0.3) is 0 Å². The second-order valence-corrected chi connectivity index (χ2v) is 28.2. The fourth-order valence-electron chi connectivity index (χ4n) is 0.0378. The third kappa shape index (κ3) is 2.73. The predicted molar refractivity (Wildman–Crippen MR) is 32.5 cm³/mol. The molecule has 44 valence electrons. The van der Waals surface area contributed by atoms with Gasteiger partial charge in [0, 0.05) is 0 Å². The second kappa shape index (κ2) is 2.25. The summed E-state index contributed by atoms with van der Waals surface area (Å²) >= 11 is 6.10. The minimum atomic E-state index is -1.07. The van der Waals surface area contributed by atoms with Crippen molar-refractivity contribution >= 4 is 26.6 Å². The molecule has 0 aromatic carbocycles. The van der Waals surface area contributed by atoms with E-state index in [0.717, 1.165) is 0 Å². The van der Waals surface area contributed by atoms with Crippen LogP contribution >= 0.6 is 26.6 Å². The van der Waals surface area contributed by atoms with Crippen LogP contribution in [0.15, 0.2) is 0 Å². The summed E-state index contributed by atoms with van der Waals surface area (Å²) in [5.41, 5.74) is 0. The average molecular weight is 400 g/mol. The van der Waals surface area contributed by atoms with Gasteiger partial charge in [-0.3, -0.25) is 0 Å². The Hall–Kier alpha value is 1.61. The summed E-state index contributed by atoms with van der Waals surface area (Å²) in [7, 11) is 0. The number of rotatable bonds is 0. The molecule has 3 N–H and O–H groups in total. The fraction of sp³-hybridized carbons (Fsp3) is 1.00. The normalized spacial score (nSPS) is 30.3. The van der Waals surface area contributed by atoms with E-state index in [1.807, 2.05) is 0 Å². The number of halogens is 2. The molecule has 0 amide bonds. The Balaban J connectivity index is 0.000000250. The van der Waals surface area contributed by atoms with Gasteiger partial charge in [-0.15, -0.1) is 0 Å². The summed E-state index contributed by atoms with van der Waals surface area (Å²) in [6.45, 7) is 0. The molecule has 0 saturated carbocycles. The molecule has 6 heavy (non-hydrogen) atoms. The third-order valence-corrected chi connectivity index (χ3v) is 11.5. The van der Waals surface area contributed by atoms with Crippen LogP contribution in [0.1, 0.15) is 0 Å². The van der Waals surface area contributed by atoms with Crippen LogP contribution in [-0.2, 0) is 11.9 Å². The molecule has 1 heterocycles. The SMILES string of the molecule is N.[Br][Pt]1([Br])[CH2][CH2]1. The van der Waals surface area contributed by atoms with Gasteiger partial charge in [0.2, 0.25) is 0 Å². The van der Waals surface area contributed by atoms with Crippen molar-refractivity contribution in [1.29, 1.82) is 0 Å². The summed E-state index contributed by atoms with van der Waals surface area (Å²) in [5.74, 6) is 0. The van der Waals surface area contributed by atoms with E-state index in [-0.39, 0.29) is 6.15 Å². The minimum absolute atomic E-state index is 0. The van der Waals surface area contributed by atoms with Gasteiger partial charge >= 0.3 is 48.2 Å². The Morgan fingerprint density at radius 1 is 1.17 bits per heavy atom. The Morgan fingerprint density at radius 2 is 1.33 bits per heavy atom. The van der Waals surface area contributed by atoms with E-state index in [9.17, 15) is 0 Å². The molecule has 0 unspecified atom stereocenters. The monoisotopic (exact) mass is 398 g/mol. The van der Waals surface area contributed by atoms with Gasteiger partial charge in [-0.05, 0) is 0 Å². The van der Waals surface area contributed by atoms with E-state index in [4.69, 9.17) is 0 Å². The van der Waals surface area contributed by atoms with E-state index in [0.29, 0.717) is 0 Å². The molecule has 1 aliphatic rings. The van der Waals surface area contributed by atoms with E-state index in [1.54, 1.807) is 0 Å². The predicted octanol–water partition coefficient (Wildman–Crippen LogP) is 2.77.